The van der Waals surface area contributed by atoms with Gasteiger partial charge < -0.3 is 10.6 Å². The van der Waals surface area contributed by atoms with Gasteiger partial charge in [0.1, 0.15) is 5.78 Å². The van der Waals surface area contributed by atoms with Gasteiger partial charge >= 0.3 is 0 Å². The van der Waals surface area contributed by atoms with Crippen LogP contribution in [0.3, 0.4) is 0 Å². The minimum absolute atomic E-state index is 0.260. The normalized spacial score (nSPS) is 23.5. The quantitative estimate of drug-likeness (QED) is 0.675. The molecule has 0 spiro atoms. The van der Waals surface area contributed by atoms with Crippen LogP contribution < -0.4 is 10.6 Å². The standard InChI is InChI=1S/C16H32N2O/c1-5-12(6-2)16(19)11-15-14(9-10-17-15)18-13(7-3)8-4/h12-15,17-18H,5-11H2,1-4H3. The Kier molecular flexibility index (Phi) is 7.62. The molecule has 1 fully saturated rings. The maximum Gasteiger partial charge on any atom is 0.137 e. The molecule has 0 aliphatic carbocycles. The molecule has 2 atom stereocenters. The van der Waals surface area contributed by atoms with Gasteiger partial charge in [0, 0.05) is 30.5 Å². The van der Waals surface area contributed by atoms with E-state index >= 15 is 0 Å². The van der Waals surface area contributed by atoms with E-state index in [0.29, 0.717) is 30.3 Å². The Morgan fingerprint density at radius 1 is 1.16 bits per heavy atom. The summed E-state index contributed by atoms with van der Waals surface area (Å²) < 4.78 is 0. The molecule has 0 saturated carbocycles. The molecule has 1 rings (SSSR count). The van der Waals surface area contributed by atoms with E-state index in [4.69, 9.17) is 0 Å². The number of carbonyl (C=O) groups is 1. The lowest BCUT2D eigenvalue weighted by molar-refractivity contribution is -0.123. The molecule has 0 amide bonds. The van der Waals surface area contributed by atoms with Crippen molar-refractivity contribution in [2.75, 3.05) is 6.54 Å². The molecule has 112 valence electrons. The third kappa shape index (κ3) is 4.88. The maximum atomic E-state index is 12.3. The summed E-state index contributed by atoms with van der Waals surface area (Å²) in [5.74, 6) is 0.706. The van der Waals surface area contributed by atoms with E-state index < -0.39 is 0 Å². The molecule has 1 aliphatic rings. The van der Waals surface area contributed by atoms with Crippen molar-refractivity contribution in [2.24, 2.45) is 5.92 Å². The van der Waals surface area contributed by atoms with E-state index in [1.54, 1.807) is 0 Å². The second kappa shape index (κ2) is 8.70. The van der Waals surface area contributed by atoms with Crippen molar-refractivity contribution in [3.8, 4) is 0 Å². The fourth-order valence-electron chi connectivity index (χ4n) is 3.14. The van der Waals surface area contributed by atoms with Gasteiger partial charge in [-0.05, 0) is 38.6 Å². The smallest absolute Gasteiger partial charge is 0.137 e. The Morgan fingerprint density at radius 3 is 2.32 bits per heavy atom. The fourth-order valence-corrected chi connectivity index (χ4v) is 3.14. The summed E-state index contributed by atoms with van der Waals surface area (Å²) in [6.07, 6.45) is 6.14. The monoisotopic (exact) mass is 268 g/mol. The highest BCUT2D eigenvalue weighted by atomic mass is 16.1. The summed E-state index contributed by atoms with van der Waals surface area (Å²) in [5.41, 5.74) is 0. The van der Waals surface area contributed by atoms with Crippen LogP contribution >= 0.6 is 0 Å². The van der Waals surface area contributed by atoms with Crippen LogP contribution in [-0.2, 0) is 4.79 Å². The molecule has 1 saturated heterocycles. The Morgan fingerprint density at radius 2 is 1.79 bits per heavy atom. The molecule has 0 aromatic carbocycles. The summed E-state index contributed by atoms with van der Waals surface area (Å²) in [5, 5.41) is 7.24. The van der Waals surface area contributed by atoms with Crippen LogP contribution in [0, 0.1) is 5.92 Å². The van der Waals surface area contributed by atoms with E-state index in [-0.39, 0.29) is 5.92 Å². The molecule has 3 nitrogen and oxygen atoms in total. The molecular weight excluding hydrogens is 236 g/mol. The first-order valence-electron chi connectivity index (χ1n) is 8.18. The minimum Gasteiger partial charge on any atom is -0.312 e. The van der Waals surface area contributed by atoms with E-state index in [9.17, 15) is 4.79 Å². The number of nitrogens with one attached hydrogen (secondary N) is 2. The molecule has 0 aromatic heterocycles. The molecule has 0 aromatic rings. The van der Waals surface area contributed by atoms with Crippen LogP contribution in [0.25, 0.3) is 0 Å². The second-order valence-corrected chi connectivity index (χ2v) is 5.82. The summed E-state index contributed by atoms with van der Waals surface area (Å²) in [7, 11) is 0. The number of rotatable bonds is 9. The molecule has 0 bridgehead atoms. The zero-order valence-electron chi connectivity index (χ0n) is 13.2. The fraction of sp³-hybridized carbons (Fsp3) is 0.938. The number of hydrogen-bond acceptors (Lipinski definition) is 3. The van der Waals surface area contributed by atoms with E-state index in [1.807, 2.05) is 0 Å². The average Bonchev–Trinajstić information content (AvgIpc) is 2.84. The van der Waals surface area contributed by atoms with Gasteiger partial charge in [-0.2, -0.15) is 0 Å². The first kappa shape index (κ1) is 16.6. The summed E-state index contributed by atoms with van der Waals surface area (Å²) in [4.78, 5) is 12.3. The zero-order valence-corrected chi connectivity index (χ0v) is 13.2. The lowest BCUT2D eigenvalue weighted by atomic mass is 9.91. The van der Waals surface area contributed by atoms with Gasteiger partial charge in [-0.3, -0.25) is 4.79 Å². The summed E-state index contributed by atoms with van der Waals surface area (Å²) in [6.45, 7) is 9.74. The molecule has 2 unspecified atom stereocenters. The minimum atomic E-state index is 0.260. The average molecular weight is 268 g/mol. The summed E-state index contributed by atoms with van der Waals surface area (Å²) in [6, 6.07) is 1.41. The highest BCUT2D eigenvalue weighted by Gasteiger charge is 2.30. The van der Waals surface area contributed by atoms with Gasteiger partial charge in [-0.15, -0.1) is 0 Å². The van der Waals surface area contributed by atoms with Crippen molar-refractivity contribution in [3.05, 3.63) is 0 Å². The first-order valence-corrected chi connectivity index (χ1v) is 8.18. The number of carbonyl (C=O) groups excluding carboxylic acids is 1. The van der Waals surface area contributed by atoms with E-state index in [2.05, 4.69) is 38.3 Å². The van der Waals surface area contributed by atoms with Crippen LogP contribution in [0.2, 0.25) is 0 Å². The lowest BCUT2D eigenvalue weighted by Crippen LogP contribution is -2.46. The van der Waals surface area contributed by atoms with Gasteiger partial charge in [-0.25, -0.2) is 0 Å². The predicted octanol–water partition coefficient (Wildman–Crippen LogP) is 2.89. The van der Waals surface area contributed by atoms with Crippen molar-refractivity contribution in [1.29, 1.82) is 0 Å². The van der Waals surface area contributed by atoms with Gasteiger partial charge in [0.15, 0.2) is 0 Å². The highest BCUT2D eigenvalue weighted by molar-refractivity contribution is 5.81. The Labute approximate surface area is 118 Å². The molecular formula is C16H32N2O. The van der Waals surface area contributed by atoms with Gasteiger partial charge in [0.2, 0.25) is 0 Å². The molecule has 0 radical (unpaired) electrons. The van der Waals surface area contributed by atoms with Crippen molar-refractivity contribution < 1.29 is 4.79 Å². The highest BCUT2D eigenvalue weighted by Crippen LogP contribution is 2.18. The van der Waals surface area contributed by atoms with E-state index in [0.717, 1.165) is 25.8 Å². The second-order valence-electron chi connectivity index (χ2n) is 5.82. The first-order chi connectivity index (χ1) is 9.15. The molecule has 1 aliphatic heterocycles. The van der Waals surface area contributed by atoms with Crippen LogP contribution in [0.15, 0.2) is 0 Å². The maximum absolute atomic E-state index is 12.3. The largest absolute Gasteiger partial charge is 0.312 e. The van der Waals surface area contributed by atoms with Crippen LogP contribution in [0.1, 0.15) is 66.2 Å². The number of hydrogen-bond donors (Lipinski definition) is 2. The third-order valence-corrected chi connectivity index (χ3v) is 4.64. The zero-order chi connectivity index (χ0) is 14.3. The van der Waals surface area contributed by atoms with Crippen LogP contribution in [-0.4, -0.2) is 30.5 Å². The number of Topliss-reactive ketones (excluding diaryl/α,β-unsaturated/α-hetero) is 1. The Bertz CT molecular complexity index is 259. The molecule has 1 heterocycles. The lowest BCUT2D eigenvalue weighted by Gasteiger charge is -2.26. The van der Waals surface area contributed by atoms with Gasteiger partial charge in [-0.1, -0.05) is 27.7 Å². The molecule has 2 N–H and O–H groups in total. The molecule has 19 heavy (non-hydrogen) atoms. The van der Waals surface area contributed by atoms with Crippen molar-refractivity contribution >= 4 is 5.78 Å². The van der Waals surface area contributed by atoms with Crippen molar-refractivity contribution in [1.82, 2.24) is 10.6 Å². The SMILES string of the molecule is CCC(CC)NC1CCNC1CC(=O)C(CC)CC. The summed E-state index contributed by atoms with van der Waals surface area (Å²) >= 11 is 0. The van der Waals surface area contributed by atoms with Crippen LogP contribution in [0.5, 0.6) is 0 Å². The third-order valence-electron chi connectivity index (χ3n) is 4.64. The topological polar surface area (TPSA) is 41.1 Å². The Balaban J connectivity index is 2.49. The van der Waals surface area contributed by atoms with Gasteiger partial charge in [0.25, 0.3) is 0 Å². The van der Waals surface area contributed by atoms with Gasteiger partial charge in [0.05, 0.1) is 0 Å². The molecule has 3 heteroatoms. The van der Waals surface area contributed by atoms with E-state index in [1.165, 1.54) is 12.8 Å². The predicted molar refractivity (Wildman–Crippen MR) is 81.4 cm³/mol. The van der Waals surface area contributed by atoms with Crippen molar-refractivity contribution in [2.45, 2.75) is 84.3 Å². The van der Waals surface area contributed by atoms with Crippen LogP contribution in [0.4, 0.5) is 0 Å². The Hall–Kier alpha value is -0.410. The number of ketones is 1. The van der Waals surface area contributed by atoms with Crippen molar-refractivity contribution in [3.63, 3.8) is 0 Å².